The van der Waals surface area contributed by atoms with Gasteiger partial charge in [0.15, 0.2) is 0 Å². The van der Waals surface area contributed by atoms with E-state index in [2.05, 4.69) is 66.6 Å². The van der Waals surface area contributed by atoms with Crippen LogP contribution in [0.4, 0.5) is 0 Å². The summed E-state index contributed by atoms with van der Waals surface area (Å²) < 4.78 is 10.7. The number of unbranched alkanes of at least 4 members (excludes halogenated alkanes) is 17. The quantitative estimate of drug-likeness (QED) is 0.0275. The van der Waals surface area contributed by atoms with Gasteiger partial charge in [-0.1, -0.05) is 150 Å². The Morgan fingerprint density at radius 2 is 1.02 bits per heavy atom. The van der Waals surface area contributed by atoms with E-state index in [-0.39, 0.29) is 11.9 Å². The third-order valence-electron chi connectivity index (χ3n) is 8.56. The van der Waals surface area contributed by atoms with E-state index in [1.165, 1.54) is 128 Å². The molecule has 0 unspecified atom stereocenters. The molecule has 0 bridgehead atoms. The van der Waals surface area contributed by atoms with Crippen molar-refractivity contribution in [3.8, 4) is 0 Å². The summed E-state index contributed by atoms with van der Waals surface area (Å²) in [6, 6.07) is 0. The highest BCUT2D eigenvalue weighted by molar-refractivity contribution is 8.76. The van der Waals surface area contributed by atoms with Crippen molar-refractivity contribution in [1.82, 2.24) is 4.90 Å². The number of hydrogen-bond donors (Lipinski definition) is 0. The minimum Gasteiger partial charge on any atom is -0.461 e. The first kappa shape index (κ1) is 47.1. The summed E-state index contributed by atoms with van der Waals surface area (Å²) in [5.41, 5.74) is 0. The van der Waals surface area contributed by atoms with Crippen molar-refractivity contribution in [3.05, 3.63) is 24.3 Å². The maximum absolute atomic E-state index is 12.0. The molecule has 0 aromatic carbocycles. The summed E-state index contributed by atoms with van der Waals surface area (Å²) in [7, 11) is 8.51. The Balaban J connectivity index is 4.03. The normalized spacial score (nSPS) is 11.9. The summed E-state index contributed by atoms with van der Waals surface area (Å²) in [6.45, 7) is 6.48. The molecule has 0 radical (unpaired) electrons. The Morgan fingerprint density at radius 3 is 1.50 bits per heavy atom. The van der Waals surface area contributed by atoms with Gasteiger partial charge in [0.1, 0.15) is 13.2 Å². The van der Waals surface area contributed by atoms with Crippen LogP contribution in [0.3, 0.4) is 0 Å². The van der Waals surface area contributed by atoms with Gasteiger partial charge in [-0.25, -0.2) is 0 Å². The Hall–Kier alpha value is -0.920. The van der Waals surface area contributed by atoms with Gasteiger partial charge < -0.3 is 14.4 Å². The zero-order valence-electron chi connectivity index (χ0n) is 32.0. The van der Waals surface area contributed by atoms with Crippen molar-refractivity contribution in [1.29, 1.82) is 0 Å². The van der Waals surface area contributed by atoms with Crippen molar-refractivity contribution in [2.45, 2.75) is 186 Å². The third kappa shape index (κ3) is 37.9. The van der Waals surface area contributed by atoms with Crippen molar-refractivity contribution in [3.63, 3.8) is 0 Å². The van der Waals surface area contributed by atoms with Crippen molar-refractivity contribution >= 4 is 33.5 Å². The van der Waals surface area contributed by atoms with Gasteiger partial charge in [0.2, 0.25) is 0 Å². The van der Waals surface area contributed by atoms with Gasteiger partial charge in [-0.05, 0) is 84.8 Å². The monoisotopic (exact) mass is 712 g/mol. The SMILES string of the molecule is CCCCCC/C=C\COC(=O)CCCCCCCC(CCCCCCCC(=O)OC/C=C\CCCCCC)SSCCCCN(C)C. The van der Waals surface area contributed by atoms with Crippen LogP contribution in [-0.4, -0.2) is 61.7 Å². The first-order valence-electron chi connectivity index (χ1n) is 20.0. The molecule has 0 aliphatic rings. The molecule has 0 fully saturated rings. The largest absolute Gasteiger partial charge is 0.461 e. The molecule has 48 heavy (non-hydrogen) atoms. The molecule has 0 amide bonds. The van der Waals surface area contributed by atoms with Gasteiger partial charge in [-0.3, -0.25) is 9.59 Å². The fraction of sp³-hybridized carbons (Fsp3) is 0.854. The van der Waals surface area contributed by atoms with Gasteiger partial charge >= 0.3 is 11.9 Å². The van der Waals surface area contributed by atoms with Crippen LogP contribution in [0.5, 0.6) is 0 Å². The predicted octanol–water partition coefficient (Wildman–Crippen LogP) is 12.7. The lowest BCUT2D eigenvalue weighted by molar-refractivity contribution is -0.143. The highest BCUT2D eigenvalue weighted by Gasteiger charge is 2.11. The molecule has 0 heterocycles. The fourth-order valence-electron chi connectivity index (χ4n) is 5.49. The van der Waals surface area contributed by atoms with Gasteiger partial charge in [0.05, 0.1) is 0 Å². The Morgan fingerprint density at radius 1 is 0.562 bits per heavy atom. The summed E-state index contributed by atoms with van der Waals surface area (Å²) in [6.07, 6.45) is 38.5. The van der Waals surface area contributed by atoms with E-state index in [1.54, 1.807) is 0 Å². The average molecular weight is 712 g/mol. The number of ether oxygens (including phenoxy) is 2. The van der Waals surface area contributed by atoms with Crippen LogP contribution in [0, 0.1) is 0 Å². The summed E-state index contributed by atoms with van der Waals surface area (Å²) >= 11 is 0. The molecule has 0 aromatic rings. The maximum atomic E-state index is 12.0. The minimum atomic E-state index is -0.0548. The minimum absolute atomic E-state index is 0.0548. The number of nitrogens with zero attached hydrogens (tertiary/aromatic N) is 1. The molecule has 0 rings (SSSR count). The van der Waals surface area contributed by atoms with Crippen LogP contribution in [0.2, 0.25) is 0 Å². The van der Waals surface area contributed by atoms with Crippen LogP contribution >= 0.6 is 21.6 Å². The van der Waals surface area contributed by atoms with Crippen LogP contribution in [0.15, 0.2) is 24.3 Å². The second-order valence-electron chi connectivity index (χ2n) is 13.7. The van der Waals surface area contributed by atoms with E-state index in [0.717, 1.165) is 43.8 Å². The second-order valence-corrected chi connectivity index (χ2v) is 16.5. The lowest BCUT2D eigenvalue weighted by Crippen LogP contribution is -2.12. The Bertz CT molecular complexity index is 707. The second kappa shape index (κ2) is 38.9. The molecule has 0 atom stereocenters. The highest BCUT2D eigenvalue weighted by Crippen LogP contribution is 2.34. The first-order chi connectivity index (χ1) is 23.5. The number of esters is 2. The number of carbonyl (C=O) groups is 2. The fourth-order valence-corrected chi connectivity index (χ4v) is 8.43. The van der Waals surface area contributed by atoms with Gasteiger partial charge in [-0.15, -0.1) is 0 Å². The van der Waals surface area contributed by atoms with Gasteiger partial charge in [0.25, 0.3) is 0 Å². The average Bonchev–Trinajstić information content (AvgIpc) is 3.07. The highest BCUT2D eigenvalue weighted by atomic mass is 33.1. The molecule has 0 aromatic heterocycles. The molecule has 0 spiro atoms. The van der Waals surface area contributed by atoms with E-state index >= 15 is 0 Å². The van der Waals surface area contributed by atoms with Gasteiger partial charge in [0, 0.05) is 23.8 Å². The van der Waals surface area contributed by atoms with Crippen molar-refractivity contribution in [2.24, 2.45) is 0 Å². The van der Waals surface area contributed by atoms with Crippen LogP contribution in [-0.2, 0) is 19.1 Å². The maximum Gasteiger partial charge on any atom is 0.306 e. The molecular formula is C41H77NO4S2. The molecule has 282 valence electrons. The predicted molar refractivity (Wildman–Crippen MR) is 214 cm³/mol. The van der Waals surface area contributed by atoms with Crippen LogP contribution in [0.1, 0.15) is 181 Å². The third-order valence-corrected chi connectivity index (χ3v) is 11.6. The zero-order valence-corrected chi connectivity index (χ0v) is 33.6. The topological polar surface area (TPSA) is 55.8 Å². The van der Waals surface area contributed by atoms with Crippen molar-refractivity contribution < 1.29 is 19.1 Å². The van der Waals surface area contributed by atoms with Gasteiger partial charge in [-0.2, -0.15) is 0 Å². The molecule has 0 saturated carbocycles. The Kier molecular flexibility index (Phi) is 38.1. The Labute approximate surface area is 306 Å². The lowest BCUT2D eigenvalue weighted by atomic mass is 10.0. The van der Waals surface area contributed by atoms with E-state index < -0.39 is 0 Å². The van der Waals surface area contributed by atoms with E-state index in [1.807, 2.05) is 12.2 Å². The molecule has 0 aliphatic carbocycles. The van der Waals surface area contributed by atoms with Crippen LogP contribution < -0.4 is 0 Å². The van der Waals surface area contributed by atoms with E-state index in [9.17, 15) is 9.59 Å². The zero-order chi connectivity index (χ0) is 35.2. The number of rotatable bonds is 37. The van der Waals surface area contributed by atoms with E-state index in [0.29, 0.717) is 26.1 Å². The van der Waals surface area contributed by atoms with Crippen LogP contribution in [0.25, 0.3) is 0 Å². The van der Waals surface area contributed by atoms with E-state index in [4.69, 9.17) is 9.47 Å². The molecule has 0 aliphatic heterocycles. The number of allylic oxidation sites excluding steroid dienone is 2. The molecule has 7 heteroatoms. The molecule has 0 N–H and O–H groups in total. The first-order valence-corrected chi connectivity index (χ1v) is 22.4. The summed E-state index contributed by atoms with van der Waals surface area (Å²) in [5, 5.41) is 0.730. The van der Waals surface area contributed by atoms with Crippen molar-refractivity contribution in [2.75, 3.05) is 39.6 Å². The number of hydrogen-bond acceptors (Lipinski definition) is 7. The molecule has 0 saturated heterocycles. The summed E-state index contributed by atoms with van der Waals surface area (Å²) in [4.78, 5) is 26.3. The standard InChI is InChI=1S/C41H77NO4S2/c1-5-7-9-11-13-21-28-36-45-40(43)33-25-19-15-17-23-31-39(48-47-38-30-27-35-42(3)4)32-24-18-16-20-26-34-41(44)46-37-29-22-14-12-10-8-6-2/h21-22,28-29,39H,5-20,23-27,30-38H2,1-4H3/b28-21-,29-22-. The molecule has 5 nitrogen and oxygen atoms in total. The lowest BCUT2D eigenvalue weighted by Gasteiger charge is -2.16. The molecular weight excluding hydrogens is 635 g/mol. The number of carbonyl (C=O) groups excluding carboxylic acids is 2. The smallest absolute Gasteiger partial charge is 0.306 e. The summed E-state index contributed by atoms with van der Waals surface area (Å²) in [5.74, 6) is 1.13.